The van der Waals surface area contributed by atoms with E-state index >= 15 is 0 Å². The quantitative estimate of drug-likeness (QED) is 0.774. The number of nitrogens with zero attached hydrogens (tertiary/aromatic N) is 3. The molecular weight excluding hydrogens is 244 g/mol. The highest BCUT2D eigenvalue weighted by Gasteiger charge is 2.31. The number of aromatic nitrogens is 2. The van der Waals surface area contributed by atoms with E-state index < -0.39 is 5.60 Å². The highest BCUT2D eigenvalue weighted by atomic mass is 16.5. The Morgan fingerprint density at radius 3 is 2.47 bits per heavy atom. The van der Waals surface area contributed by atoms with Crippen LogP contribution in [0.4, 0.5) is 0 Å². The number of rotatable bonds is 8. The largest absolute Gasteiger partial charge is 0.369 e. The Balaban J connectivity index is 2.79. The molecular formula is C13H26N4O2. The minimum absolute atomic E-state index is 0.240. The van der Waals surface area contributed by atoms with Crippen LogP contribution in [0.1, 0.15) is 51.9 Å². The van der Waals surface area contributed by atoms with Crippen LogP contribution in [0, 0.1) is 0 Å². The molecule has 1 heterocycles. The lowest BCUT2D eigenvalue weighted by atomic mass is 10.0. The molecule has 2 atom stereocenters. The van der Waals surface area contributed by atoms with Crippen LogP contribution >= 0.6 is 0 Å². The summed E-state index contributed by atoms with van der Waals surface area (Å²) in [6.45, 7) is 10.8. The molecule has 0 aliphatic carbocycles. The van der Waals surface area contributed by atoms with Gasteiger partial charge in [0.05, 0.1) is 6.04 Å². The van der Waals surface area contributed by atoms with E-state index in [9.17, 15) is 0 Å². The summed E-state index contributed by atoms with van der Waals surface area (Å²) >= 11 is 0. The fourth-order valence-electron chi connectivity index (χ4n) is 1.82. The van der Waals surface area contributed by atoms with Gasteiger partial charge in [-0.1, -0.05) is 25.9 Å². The lowest BCUT2D eigenvalue weighted by molar-refractivity contribution is -0.0272. The normalized spacial score (nSPS) is 16.6. The van der Waals surface area contributed by atoms with Gasteiger partial charge in [-0.05, 0) is 26.4 Å². The van der Waals surface area contributed by atoms with E-state index in [1.54, 1.807) is 7.11 Å². The molecule has 0 bridgehead atoms. The molecule has 0 saturated heterocycles. The van der Waals surface area contributed by atoms with Crippen molar-refractivity contribution in [3.63, 3.8) is 0 Å². The molecule has 0 aliphatic rings. The molecule has 0 aliphatic heterocycles. The first kappa shape index (κ1) is 16.1. The van der Waals surface area contributed by atoms with Gasteiger partial charge in [0.1, 0.15) is 5.60 Å². The average molecular weight is 270 g/mol. The van der Waals surface area contributed by atoms with Crippen molar-refractivity contribution in [2.45, 2.75) is 45.8 Å². The second-order valence-electron chi connectivity index (χ2n) is 4.84. The van der Waals surface area contributed by atoms with E-state index in [1.807, 2.05) is 13.8 Å². The van der Waals surface area contributed by atoms with E-state index in [2.05, 4.69) is 28.9 Å². The van der Waals surface area contributed by atoms with E-state index in [0.29, 0.717) is 11.7 Å². The van der Waals surface area contributed by atoms with E-state index in [-0.39, 0.29) is 6.04 Å². The molecule has 19 heavy (non-hydrogen) atoms. The standard InChI is InChI=1S/C13H26N4O2/c1-6-13(4,18-5)12-15-11(16-19-12)10(14)9-17(7-2)8-3/h10H,6-9,14H2,1-5H3. The van der Waals surface area contributed by atoms with Crippen LogP contribution in [0.25, 0.3) is 0 Å². The maximum atomic E-state index is 6.12. The molecule has 0 spiro atoms. The van der Waals surface area contributed by atoms with E-state index in [0.717, 1.165) is 26.1 Å². The fourth-order valence-corrected chi connectivity index (χ4v) is 1.82. The third-order valence-corrected chi connectivity index (χ3v) is 3.70. The average Bonchev–Trinajstić information content (AvgIpc) is 2.94. The Morgan fingerprint density at radius 2 is 2.00 bits per heavy atom. The van der Waals surface area contributed by atoms with Gasteiger partial charge in [-0.15, -0.1) is 0 Å². The monoisotopic (exact) mass is 270 g/mol. The Hall–Kier alpha value is -0.980. The lowest BCUT2D eigenvalue weighted by Crippen LogP contribution is -2.32. The summed E-state index contributed by atoms with van der Waals surface area (Å²) < 4.78 is 10.7. The van der Waals surface area contributed by atoms with Crippen LogP contribution in [-0.2, 0) is 10.3 Å². The lowest BCUT2D eigenvalue weighted by Gasteiger charge is -2.22. The summed E-state index contributed by atoms with van der Waals surface area (Å²) in [5.41, 5.74) is 5.58. The maximum absolute atomic E-state index is 6.12. The number of hydrogen-bond acceptors (Lipinski definition) is 6. The van der Waals surface area contributed by atoms with Crippen LogP contribution in [0.3, 0.4) is 0 Å². The van der Waals surface area contributed by atoms with Gasteiger partial charge in [0.15, 0.2) is 5.82 Å². The number of methoxy groups -OCH3 is 1. The highest BCUT2D eigenvalue weighted by Crippen LogP contribution is 2.27. The summed E-state index contributed by atoms with van der Waals surface area (Å²) in [4.78, 5) is 6.62. The molecule has 0 aromatic carbocycles. The predicted octanol–water partition coefficient (Wildman–Crippen LogP) is 1.68. The van der Waals surface area contributed by atoms with Crippen molar-refractivity contribution in [2.24, 2.45) is 5.73 Å². The van der Waals surface area contributed by atoms with E-state index in [1.165, 1.54) is 0 Å². The van der Waals surface area contributed by atoms with Gasteiger partial charge in [-0.3, -0.25) is 0 Å². The zero-order valence-corrected chi connectivity index (χ0v) is 12.6. The van der Waals surface area contributed by atoms with Gasteiger partial charge >= 0.3 is 0 Å². The van der Waals surface area contributed by atoms with Gasteiger partial charge in [0.2, 0.25) is 0 Å². The summed E-state index contributed by atoms with van der Waals surface area (Å²) in [6.07, 6.45) is 0.760. The van der Waals surface area contributed by atoms with Gasteiger partial charge in [0, 0.05) is 13.7 Å². The van der Waals surface area contributed by atoms with Crippen LogP contribution in [-0.4, -0.2) is 41.8 Å². The van der Waals surface area contributed by atoms with Gasteiger partial charge in [-0.2, -0.15) is 4.98 Å². The van der Waals surface area contributed by atoms with Crippen molar-refractivity contribution in [2.75, 3.05) is 26.7 Å². The van der Waals surface area contributed by atoms with Crippen molar-refractivity contribution >= 4 is 0 Å². The number of ether oxygens (including phenoxy) is 1. The van der Waals surface area contributed by atoms with Crippen molar-refractivity contribution in [1.82, 2.24) is 15.0 Å². The maximum Gasteiger partial charge on any atom is 0.258 e. The summed E-state index contributed by atoms with van der Waals surface area (Å²) in [7, 11) is 1.64. The Morgan fingerprint density at radius 1 is 1.37 bits per heavy atom. The first-order chi connectivity index (χ1) is 9.00. The smallest absolute Gasteiger partial charge is 0.258 e. The van der Waals surface area contributed by atoms with E-state index in [4.69, 9.17) is 15.0 Å². The minimum Gasteiger partial charge on any atom is -0.369 e. The molecule has 6 heteroatoms. The molecule has 2 N–H and O–H groups in total. The van der Waals surface area contributed by atoms with Gasteiger partial charge < -0.3 is 19.9 Å². The SMILES string of the molecule is CCN(CC)CC(N)c1noc(C(C)(CC)OC)n1. The van der Waals surface area contributed by atoms with Crippen LogP contribution in [0.15, 0.2) is 4.52 Å². The summed E-state index contributed by atoms with van der Waals surface area (Å²) in [5, 5.41) is 3.98. The third kappa shape index (κ3) is 3.75. The zero-order chi connectivity index (χ0) is 14.5. The van der Waals surface area contributed by atoms with Gasteiger partial charge in [0.25, 0.3) is 5.89 Å². The number of likely N-dealkylation sites (N-methyl/N-ethyl adjacent to an activating group) is 1. The molecule has 0 radical (unpaired) electrons. The fraction of sp³-hybridized carbons (Fsp3) is 0.846. The molecule has 2 unspecified atom stereocenters. The second-order valence-corrected chi connectivity index (χ2v) is 4.84. The molecule has 0 amide bonds. The Labute approximate surface area is 115 Å². The molecule has 1 aromatic rings. The Bertz CT molecular complexity index is 372. The zero-order valence-electron chi connectivity index (χ0n) is 12.6. The molecule has 0 fully saturated rings. The summed E-state index contributed by atoms with van der Waals surface area (Å²) in [6, 6.07) is -0.240. The molecule has 1 aromatic heterocycles. The van der Waals surface area contributed by atoms with Crippen molar-refractivity contribution in [1.29, 1.82) is 0 Å². The minimum atomic E-state index is -0.541. The van der Waals surface area contributed by atoms with Crippen LogP contribution < -0.4 is 5.73 Å². The summed E-state index contributed by atoms with van der Waals surface area (Å²) in [5.74, 6) is 1.03. The van der Waals surface area contributed by atoms with Crippen molar-refractivity contribution in [3.8, 4) is 0 Å². The number of hydrogen-bond donors (Lipinski definition) is 1. The van der Waals surface area contributed by atoms with Crippen molar-refractivity contribution < 1.29 is 9.26 Å². The van der Waals surface area contributed by atoms with Gasteiger partial charge in [-0.25, -0.2) is 0 Å². The molecule has 6 nitrogen and oxygen atoms in total. The van der Waals surface area contributed by atoms with Crippen LogP contribution in [0.2, 0.25) is 0 Å². The molecule has 0 saturated carbocycles. The first-order valence-electron chi connectivity index (χ1n) is 6.87. The third-order valence-electron chi connectivity index (χ3n) is 3.70. The topological polar surface area (TPSA) is 77.4 Å². The molecule has 110 valence electrons. The highest BCUT2D eigenvalue weighted by molar-refractivity contribution is 5.00. The van der Waals surface area contributed by atoms with Crippen molar-refractivity contribution in [3.05, 3.63) is 11.7 Å². The predicted molar refractivity (Wildman–Crippen MR) is 73.7 cm³/mol. The van der Waals surface area contributed by atoms with Crippen LogP contribution in [0.5, 0.6) is 0 Å². The Kier molecular flexibility index (Phi) is 5.90. The second kappa shape index (κ2) is 6.98. The molecule has 1 rings (SSSR count). The number of nitrogens with two attached hydrogens (primary N) is 1. The first-order valence-corrected chi connectivity index (χ1v) is 6.87.